The zero-order chi connectivity index (χ0) is 27.5. The third-order valence-corrected chi connectivity index (χ3v) is 8.47. The van der Waals surface area contributed by atoms with Gasteiger partial charge in [0.15, 0.2) is 0 Å². The SMILES string of the molecule is BC(NC(=O)C(F)(F)c1ccc(Cl)cc1)c1ccc2c(c1)CN([C@@]1(B)C(=O)NC(=O)C(B)C1(B)B)C2=O. The van der Waals surface area contributed by atoms with E-state index in [1.165, 1.54) is 17.0 Å². The number of alkyl halides is 2. The Kier molecular flexibility index (Phi) is 6.63. The minimum atomic E-state index is -3.77. The fourth-order valence-electron chi connectivity index (χ4n) is 4.99. The minimum absolute atomic E-state index is 0.0951. The molecule has 2 heterocycles. The van der Waals surface area contributed by atoms with E-state index in [1.54, 1.807) is 57.4 Å². The van der Waals surface area contributed by atoms with Crippen molar-refractivity contribution < 1.29 is 28.0 Å². The van der Waals surface area contributed by atoms with Gasteiger partial charge in [-0.25, -0.2) is 0 Å². The van der Waals surface area contributed by atoms with Crippen LogP contribution in [0.2, 0.25) is 16.1 Å². The summed E-state index contributed by atoms with van der Waals surface area (Å²) >= 11 is 5.76. The summed E-state index contributed by atoms with van der Waals surface area (Å²) in [6.45, 7) is 0.0951. The number of rotatable bonds is 5. The van der Waals surface area contributed by atoms with Crippen LogP contribution in [0.3, 0.4) is 0 Å². The lowest BCUT2D eigenvalue weighted by atomic mass is 9.31. The smallest absolute Gasteiger partial charge is 0.349 e. The highest BCUT2D eigenvalue weighted by Gasteiger charge is 2.60. The average molecular weight is 521 g/mol. The quantitative estimate of drug-likeness (QED) is 0.340. The molecule has 37 heavy (non-hydrogen) atoms. The lowest BCUT2D eigenvalue weighted by Crippen LogP contribution is -2.72. The van der Waals surface area contributed by atoms with E-state index >= 15 is 0 Å². The lowest BCUT2D eigenvalue weighted by Gasteiger charge is -2.54. The zero-order valence-corrected chi connectivity index (χ0v) is 21.9. The molecule has 2 unspecified atom stereocenters. The second kappa shape index (κ2) is 9.08. The molecule has 186 valence electrons. The minimum Gasteiger partial charge on any atom is -0.352 e. The molecule has 2 N–H and O–H groups in total. The van der Waals surface area contributed by atoms with Crippen LogP contribution >= 0.6 is 11.6 Å². The number of carbonyl (C=O) groups is 4. The Bertz CT molecular complexity index is 1330. The van der Waals surface area contributed by atoms with Gasteiger partial charge in [-0.15, -0.1) is 0 Å². The molecule has 1 fully saturated rings. The molecule has 0 bridgehead atoms. The molecule has 2 aliphatic rings. The molecule has 1 saturated heterocycles. The second-order valence-corrected chi connectivity index (χ2v) is 10.9. The summed E-state index contributed by atoms with van der Waals surface area (Å²) in [5.41, 5.74) is -0.289. The molecule has 4 amide bonds. The van der Waals surface area contributed by atoms with E-state index in [2.05, 4.69) is 10.6 Å². The van der Waals surface area contributed by atoms with Crippen LogP contribution in [0.25, 0.3) is 0 Å². The third kappa shape index (κ3) is 4.19. The number of hydrogen-bond acceptors (Lipinski definition) is 4. The number of fused-ring (bicyclic) bond motifs is 1. The van der Waals surface area contributed by atoms with E-state index in [0.29, 0.717) is 16.7 Å². The summed E-state index contributed by atoms with van der Waals surface area (Å²) in [5, 5.41) is 4.14. The summed E-state index contributed by atoms with van der Waals surface area (Å²) in [6.07, 6.45) is 0. The number of halogens is 3. The van der Waals surface area contributed by atoms with E-state index in [4.69, 9.17) is 11.6 Å². The molecule has 0 saturated carbocycles. The van der Waals surface area contributed by atoms with Crippen molar-refractivity contribution in [3.63, 3.8) is 0 Å². The first-order valence-corrected chi connectivity index (χ1v) is 12.2. The Labute approximate surface area is 222 Å². The van der Waals surface area contributed by atoms with Gasteiger partial charge in [0.2, 0.25) is 11.8 Å². The van der Waals surface area contributed by atoms with E-state index in [0.717, 1.165) is 12.1 Å². The van der Waals surface area contributed by atoms with Gasteiger partial charge >= 0.3 is 5.92 Å². The molecule has 15 heteroatoms. The van der Waals surface area contributed by atoms with Crippen LogP contribution in [0.15, 0.2) is 42.5 Å². The standard InChI is InChI=1S/C22H23B5ClF2N3O4/c23-14-16(34)32-19(37)22(27,21(14,25)26)33-8-10-7-9(1-6-13(10)17(33)35)15(24)31-18(36)20(29,30)11-2-4-12(28)5-3-11/h1-7,14-15H,8,23-27H2,(H,31,36)(H,32,34,37)/t14?,15?,22-/m0/s1. The number of hydrogen-bond donors (Lipinski definition) is 2. The highest BCUT2D eigenvalue weighted by atomic mass is 35.5. The van der Waals surface area contributed by atoms with Gasteiger partial charge in [-0.1, -0.05) is 41.1 Å². The molecular weight excluding hydrogens is 498 g/mol. The molecule has 0 spiro atoms. The fraction of sp³-hybridized carbons (Fsp3) is 0.273. The van der Waals surface area contributed by atoms with Crippen molar-refractivity contribution in [2.75, 3.05) is 0 Å². The van der Waals surface area contributed by atoms with Crippen molar-refractivity contribution in [1.29, 1.82) is 0 Å². The molecule has 2 aromatic carbocycles. The molecule has 7 nitrogen and oxygen atoms in total. The fourth-order valence-corrected chi connectivity index (χ4v) is 5.11. The maximum Gasteiger partial charge on any atom is 0.349 e. The predicted molar refractivity (Wildman–Crippen MR) is 148 cm³/mol. The maximum absolute atomic E-state index is 14.7. The van der Waals surface area contributed by atoms with Crippen LogP contribution in [-0.4, -0.2) is 73.2 Å². The van der Waals surface area contributed by atoms with Crippen LogP contribution in [0.4, 0.5) is 8.78 Å². The summed E-state index contributed by atoms with van der Waals surface area (Å²) in [4.78, 5) is 52.6. The first-order chi connectivity index (χ1) is 17.1. The van der Waals surface area contributed by atoms with Crippen LogP contribution in [0.5, 0.6) is 0 Å². The molecule has 2 aliphatic heterocycles. The van der Waals surface area contributed by atoms with E-state index in [9.17, 15) is 28.0 Å². The zero-order valence-electron chi connectivity index (χ0n) is 21.1. The molecule has 0 aromatic heterocycles. The van der Waals surface area contributed by atoms with E-state index in [1.807, 2.05) is 0 Å². The van der Waals surface area contributed by atoms with Crippen molar-refractivity contribution in [2.45, 2.75) is 34.9 Å². The van der Waals surface area contributed by atoms with E-state index < -0.39 is 45.7 Å². The molecule has 0 radical (unpaired) electrons. The van der Waals surface area contributed by atoms with Gasteiger partial charge in [0.1, 0.15) is 39.2 Å². The summed E-state index contributed by atoms with van der Waals surface area (Å²) in [6, 6.07) is 9.60. The predicted octanol–water partition coefficient (Wildman–Crippen LogP) is -2.37. The Morgan fingerprint density at radius 3 is 2.38 bits per heavy atom. The number of nitrogens with one attached hydrogen (secondary N) is 2. The van der Waals surface area contributed by atoms with Crippen LogP contribution in [0, 0.1) is 0 Å². The van der Waals surface area contributed by atoms with Gasteiger partial charge in [-0.05, 0) is 29.3 Å². The number of nitrogens with zero attached hydrogens (tertiary/aromatic N) is 1. The molecular formula is C22H23B5ClF2N3O4. The van der Waals surface area contributed by atoms with Crippen LogP contribution in [-0.2, 0) is 26.9 Å². The average Bonchev–Trinajstić information content (AvgIpc) is 3.18. The van der Waals surface area contributed by atoms with Gasteiger partial charge < -0.3 is 10.2 Å². The lowest BCUT2D eigenvalue weighted by molar-refractivity contribution is -0.147. The van der Waals surface area contributed by atoms with Crippen molar-refractivity contribution in [3.8, 4) is 0 Å². The van der Waals surface area contributed by atoms with Crippen LogP contribution < -0.4 is 10.6 Å². The first-order valence-electron chi connectivity index (χ1n) is 11.9. The molecule has 0 aliphatic carbocycles. The monoisotopic (exact) mass is 521 g/mol. The topological polar surface area (TPSA) is 95.6 Å². The Balaban J connectivity index is 1.57. The number of carbonyl (C=O) groups excluding carboxylic acids is 4. The first kappa shape index (κ1) is 27.0. The largest absolute Gasteiger partial charge is 0.352 e. The molecule has 2 aromatic rings. The van der Waals surface area contributed by atoms with Crippen LogP contribution in [0.1, 0.15) is 33.0 Å². The van der Waals surface area contributed by atoms with Gasteiger partial charge in [0, 0.05) is 34.5 Å². The molecule has 4 rings (SSSR count). The normalized spacial score (nSPS) is 23.8. The van der Waals surface area contributed by atoms with Crippen molar-refractivity contribution >= 4 is 74.5 Å². The highest BCUT2D eigenvalue weighted by molar-refractivity contribution is 6.57. The van der Waals surface area contributed by atoms with Gasteiger partial charge in [0.05, 0.1) is 5.44 Å². The Morgan fingerprint density at radius 1 is 1.14 bits per heavy atom. The summed E-state index contributed by atoms with van der Waals surface area (Å²) in [5.74, 6) is -7.86. The maximum atomic E-state index is 14.7. The van der Waals surface area contributed by atoms with Crippen molar-refractivity contribution in [3.05, 3.63) is 69.7 Å². The van der Waals surface area contributed by atoms with Gasteiger partial charge in [0.25, 0.3) is 11.8 Å². The molecule has 3 atom stereocenters. The Hall–Kier alpha value is -3.01. The van der Waals surface area contributed by atoms with Crippen molar-refractivity contribution in [1.82, 2.24) is 15.5 Å². The second-order valence-electron chi connectivity index (χ2n) is 10.4. The van der Waals surface area contributed by atoms with E-state index in [-0.39, 0.29) is 23.4 Å². The number of amides is 4. The third-order valence-electron chi connectivity index (χ3n) is 8.22. The highest BCUT2D eigenvalue weighted by Crippen LogP contribution is 2.49. The van der Waals surface area contributed by atoms with Gasteiger partial charge in [-0.3, -0.25) is 24.5 Å². The summed E-state index contributed by atoms with van der Waals surface area (Å²) in [7, 11) is 8.51. The summed E-state index contributed by atoms with van der Waals surface area (Å²) < 4.78 is 29.5. The Morgan fingerprint density at radius 2 is 1.76 bits per heavy atom. The van der Waals surface area contributed by atoms with Crippen molar-refractivity contribution in [2.24, 2.45) is 0 Å². The number of benzene rings is 2. The van der Waals surface area contributed by atoms with Gasteiger partial charge in [-0.2, -0.15) is 8.78 Å². The number of piperidine rings is 1. The number of imide groups is 1.